The molecule has 0 unspecified atom stereocenters. The van der Waals surface area contributed by atoms with Crippen LogP contribution in [0.1, 0.15) is 13.8 Å². The Hall–Kier alpha value is -1.90. The Bertz CT molecular complexity index is 731. The summed E-state index contributed by atoms with van der Waals surface area (Å²) in [5, 5.41) is 11.1. The van der Waals surface area contributed by atoms with Crippen molar-refractivity contribution in [2.75, 3.05) is 5.32 Å². The van der Waals surface area contributed by atoms with Gasteiger partial charge in [-0.2, -0.15) is 0 Å². The van der Waals surface area contributed by atoms with E-state index in [2.05, 4.69) is 37.9 Å². The van der Waals surface area contributed by atoms with Crippen LogP contribution in [0.15, 0.2) is 29.6 Å². The summed E-state index contributed by atoms with van der Waals surface area (Å²) in [5.74, 6) is -0.430. The molecule has 104 valence electrons. The number of nitrogens with two attached hydrogens (primary N) is 1. The number of nitrogens with one attached hydrogen (secondary N) is 3. The van der Waals surface area contributed by atoms with Crippen LogP contribution in [0.5, 0.6) is 0 Å². The zero-order valence-electron chi connectivity index (χ0n) is 11.0. The molecule has 7 heteroatoms. The second-order valence-corrected chi connectivity index (χ2v) is 5.56. The third kappa shape index (κ3) is 2.98. The summed E-state index contributed by atoms with van der Waals surface area (Å²) in [6.07, 6.45) is 1.56. The molecule has 0 aromatic carbocycles. The summed E-state index contributed by atoms with van der Waals surface area (Å²) < 4.78 is 0.975. The third-order valence-electron chi connectivity index (χ3n) is 2.91. The highest BCUT2D eigenvalue weighted by Gasteiger charge is 2.11. The smallest absolute Gasteiger partial charge is 0.271 e. The van der Waals surface area contributed by atoms with Gasteiger partial charge in [-0.25, -0.2) is 4.98 Å². The first-order valence-electron chi connectivity index (χ1n) is 5.86. The summed E-state index contributed by atoms with van der Waals surface area (Å²) in [6, 6.07) is 3.75. The van der Waals surface area contributed by atoms with Gasteiger partial charge in [-0.1, -0.05) is 0 Å². The number of nitrogens with zero attached hydrogens (tertiary/aromatic N) is 1. The molecule has 20 heavy (non-hydrogen) atoms. The lowest BCUT2D eigenvalue weighted by atomic mass is 10.1. The standard InChI is InChI=1S/C13H14IN5O/c1-6(7(2)15)11(16)13(20)18-9-3-8-4-10(14)19-12(8)17-5-9/h3-5,15H,16H2,1-2H3,(H,17,19)(H,18,20)/b11-6-,15-7?. The minimum Gasteiger partial charge on any atom is -0.394 e. The van der Waals surface area contributed by atoms with Crippen LogP contribution in [0.4, 0.5) is 5.69 Å². The maximum Gasteiger partial charge on any atom is 0.271 e. The largest absolute Gasteiger partial charge is 0.394 e. The van der Waals surface area contributed by atoms with Crippen molar-refractivity contribution in [1.82, 2.24) is 9.97 Å². The predicted molar refractivity (Wildman–Crippen MR) is 87.7 cm³/mol. The summed E-state index contributed by atoms with van der Waals surface area (Å²) >= 11 is 2.16. The SMILES string of the molecule is CC(=N)/C(C)=C(\N)C(=O)Nc1cnc2[nH]c(I)cc2c1. The fourth-order valence-corrected chi connectivity index (χ4v) is 2.21. The van der Waals surface area contributed by atoms with Gasteiger partial charge >= 0.3 is 0 Å². The number of allylic oxidation sites excluding steroid dienone is 1. The van der Waals surface area contributed by atoms with Crippen LogP contribution < -0.4 is 11.1 Å². The zero-order chi connectivity index (χ0) is 14.9. The molecule has 5 N–H and O–H groups in total. The molecule has 0 spiro atoms. The third-order valence-corrected chi connectivity index (χ3v) is 3.49. The van der Waals surface area contributed by atoms with E-state index in [1.54, 1.807) is 20.0 Å². The molecule has 1 amide bonds. The molecule has 0 atom stereocenters. The van der Waals surface area contributed by atoms with Gasteiger partial charge in [0.15, 0.2) is 0 Å². The van der Waals surface area contributed by atoms with Gasteiger partial charge in [0.25, 0.3) is 5.91 Å². The van der Waals surface area contributed by atoms with Gasteiger partial charge in [0.05, 0.1) is 15.6 Å². The number of amides is 1. The Morgan fingerprint density at radius 2 is 2.15 bits per heavy atom. The number of anilines is 1. The lowest BCUT2D eigenvalue weighted by molar-refractivity contribution is -0.112. The lowest BCUT2D eigenvalue weighted by Crippen LogP contribution is -2.23. The summed E-state index contributed by atoms with van der Waals surface area (Å²) in [5.41, 5.74) is 7.84. The van der Waals surface area contributed by atoms with Gasteiger partial charge in [-0.15, -0.1) is 0 Å². The van der Waals surface area contributed by atoms with Crippen LogP contribution in [0, 0.1) is 9.11 Å². The maximum absolute atomic E-state index is 12.0. The van der Waals surface area contributed by atoms with E-state index in [1.807, 2.05) is 12.1 Å². The maximum atomic E-state index is 12.0. The van der Waals surface area contributed by atoms with Gasteiger partial charge in [0.1, 0.15) is 11.3 Å². The second kappa shape index (κ2) is 5.61. The van der Waals surface area contributed by atoms with Crippen LogP contribution >= 0.6 is 22.6 Å². The number of aromatic nitrogens is 2. The van der Waals surface area contributed by atoms with E-state index >= 15 is 0 Å². The molecule has 0 radical (unpaired) electrons. The van der Waals surface area contributed by atoms with E-state index in [4.69, 9.17) is 11.1 Å². The van der Waals surface area contributed by atoms with E-state index in [0.29, 0.717) is 11.3 Å². The van der Waals surface area contributed by atoms with Crippen LogP contribution in [0.3, 0.4) is 0 Å². The summed E-state index contributed by atoms with van der Waals surface area (Å²) in [7, 11) is 0. The number of rotatable bonds is 3. The monoisotopic (exact) mass is 383 g/mol. The van der Waals surface area contributed by atoms with Gasteiger partial charge in [-0.3, -0.25) is 4.79 Å². The Balaban J connectivity index is 2.25. The predicted octanol–water partition coefficient (Wildman–Crippen LogP) is 2.38. The number of carbonyl (C=O) groups excluding carboxylic acids is 1. The molecule has 6 nitrogen and oxygen atoms in total. The lowest BCUT2D eigenvalue weighted by Gasteiger charge is -2.08. The molecule has 0 aliphatic rings. The van der Waals surface area contributed by atoms with Crippen molar-refractivity contribution < 1.29 is 4.79 Å². The molecule has 0 aliphatic carbocycles. The average Bonchev–Trinajstić information content (AvgIpc) is 2.76. The fraction of sp³-hybridized carbons (Fsp3) is 0.154. The van der Waals surface area contributed by atoms with Gasteiger partial charge in [-0.05, 0) is 54.1 Å². The van der Waals surface area contributed by atoms with Crippen molar-refractivity contribution in [1.29, 1.82) is 5.41 Å². The Morgan fingerprint density at radius 3 is 2.80 bits per heavy atom. The molecule has 0 saturated heterocycles. The van der Waals surface area contributed by atoms with Crippen molar-refractivity contribution in [3.05, 3.63) is 33.3 Å². The van der Waals surface area contributed by atoms with Crippen molar-refractivity contribution in [2.45, 2.75) is 13.8 Å². The highest BCUT2D eigenvalue weighted by Crippen LogP contribution is 2.19. The molecular weight excluding hydrogens is 369 g/mol. The Morgan fingerprint density at radius 1 is 1.45 bits per heavy atom. The quantitative estimate of drug-likeness (QED) is 0.371. The molecule has 0 fully saturated rings. The number of halogens is 1. The minimum atomic E-state index is -0.430. The number of hydrogen-bond donors (Lipinski definition) is 4. The molecule has 2 aromatic rings. The second-order valence-electron chi connectivity index (χ2n) is 4.40. The van der Waals surface area contributed by atoms with E-state index in [0.717, 1.165) is 14.7 Å². The average molecular weight is 383 g/mol. The van der Waals surface area contributed by atoms with E-state index in [-0.39, 0.29) is 11.4 Å². The molecule has 2 aromatic heterocycles. The number of carbonyl (C=O) groups is 1. The van der Waals surface area contributed by atoms with Gasteiger partial charge in [0, 0.05) is 11.1 Å². The van der Waals surface area contributed by atoms with Crippen molar-refractivity contribution in [3.63, 3.8) is 0 Å². The van der Waals surface area contributed by atoms with Crippen molar-refractivity contribution in [2.24, 2.45) is 5.73 Å². The first-order chi connectivity index (χ1) is 9.38. The van der Waals surface area contributed by atoms with Crippen LogP contribution in [0.2, 0.25) is 0 Å². The number of H-pyrrole nitrogens is 1. The minimum absolute atomic E-state index is 0.0428. The first kappa shape index (κ1) is 14.5. The highest BCUT2D eigenvalue weighted by molar-refractivity contribution is 14.1. The van der Waals surface area contributed by atoms with Crippen LogP contribution in [0.25, 0.3) is 11.0 Å². The summed E-state index contributed by atoms with van der Waals surface area (Å²) in [4.78, 5) is 19.3. The molecule has 2 rings (SSSR count). The number of hydrogen-bond acceptors (Lipinski definition) is 4. The Kier molecular flexibility index (Phi) is 4.07. The molecule has 0 aliphatic heterocycles. The van der Waals surface area contributed by atoms with Crippen molar-refractivity contribution >= 4 is 50.9 Å². The van der Waals surface area contributed by atoms with E-state index < -0.39 is 5.91 Å². The van der Waals surface area contributed by atoms with Crippen LogP contribution in [-0.2, 0) is 4.79 Å². The zero-order valence-corrected chi connectivity index (χ0v) is 13.2. The molecule has 0 bridgehead atoms. The van der Waals surface area contributed by atoms with Crippen molar-refractivity contribution in [3.8, 4) is 0 Å². The number of pyridine rings is 1. The number of fused-ring (bicyclic) bond motifs is 1. The van der Waals surface area contributed by atoms with Gasteiger partial charge < -0.3 is 21.4 Å². The molecule has 2 heterocycles. The number of aromatic amines is 1. The molecular formula is C13H14IN5O. The molecule has 0 saturated carbocycles. The Labute approximate surface area is 129 Å². The van der Waals surface area contributed by atoms with Gasteiger partial charge in [0.2, 0.25) is 0 Å². The normalized spacial score (nSPS) is 12.2. The summed E-state index contributed by atoms with van der Waals surface area (Å²) in [6.45, 7) is 3.23. The van der Waals surface area contributed by atoms with Crippen LogP contribution in [-0.4, -0.2) is 21.6 Å². The van der Waals surface area contributed by atoms with E-state index in [1.165, 1.54) is 0 Å². The fourth-order valence-electron chi connectivity index (χ4n) is 1.62. The first-order valence-corrected chi connectivity index (χ1v) is 6.94. The van der Waals surface area contributed by atoms with E-state index in [9.17, 15) is 4.79 Å². The topological polar surface area (TPSA) is 108 Å². The highest BCUT2D eigenvalue weighted by atomic mass is 127.